The predicted molar refractivity (Wildman–Crippen MR) is 106 cm³/mol. The summed E-state index contributed by atoms with van der Waals surface area (Å²) in [4.78, 5) is 0.856. The first-order valence-electron chi connectivity index (χ1n) is 7.08. The summed E-state index contributed by atoms with van der Waals surface area (Å²) in [6, 6.07) is 8.21. The molecule has 0 bridgehead atoms. The van der Waals surface area contributed by atoms with Crippen LogP contribution in [0.25, 0.3) is 0 Å². The predicted octanol–water partition coefficient (Wildman–Crippen LogP) is 4.88. The van der Waals surface area contributed by atoms with Crippen LogP contribution in [-0.2, 0) is 6.42 Å². The minimum atomic E-state index is 0.406. The van der Waals surface area contributed by atoms with E-state index >= 15 is 0 Å². The Balaban J connectivity index is 0.000000287. The molecule has 1 heterocycles. The van der Waals surface area contributed by atoms with Crippen LogP contribution in [-0.4, -0.2) is 20.2 Å². The summed E-state index contributed by atoms with van der Waals surface area (Å²) in [6.07, 6.45) is 7.26. The largest absolute Gasteiger partial charge is 0.512 e. The summed E-state index contributed by atoms with van der Waals surface area (Å²) in [6.45, 7) is 4.13. The van der Waals surface area contributed by atoms with Gasteiger partial charge in [0.05, 0.1) is 16.5 Å². The van der Waals surface area contributed by atoms with Crippen molar-refractivity contribution in [2.24, 2.45) is 0 Å². The lowest BCUT2D eigenvalue weighted by molar-refractivity contribution is 0.399. The van der Waals surface area contributed by atoms with Crippen molar-refractivity contribution < 1.29 is 5.11 Å². The third-order valence-corrected chi connectivity index (χ3v) is 4.42. The number of rotatable bonds is 4. The first-order chi connectivity index (χ1) is 10.5. The molecule has 1 fully saturated rings. The van der Waals surface area contributed by atoms with Gasteiger partial charge in [-0.3, -0.25) is 0 Å². The molecule has 2 nitrogen and oxygen atoms in total. The SMILES string of the molecule is CC/C=C/C=C(\O)Cc1ccc(C)cc1.S=C1CSC(=S)N1. The lowest BCUT2D eigenvalue weighted by Crippen LogP contribution is -2.16. The van der Waals surface area contributed by atoms with Gasteiger partial charge in [-0.1, -0.05) is 85.1 Å². The van der Waals surface area contributed by atoms with Gasteiger partial charge in [-0.05, 0) is 25.0 Å². The molecule has 0 amide bonds. The number of aliphatic hydroxyl groups excluding tert-OH is 1. The lowest BCUT2D eigenvalue weighted by atomic mass is 10.1. The van der Waals surface area contributed by atoms with Crippen molar-refractivity contribution in [3.63, 3.8) is 0 Å². The first kappa shape index (κ1) is 18.9. The van der Waals surface area contributed by atoms with Gasteiger partial charge < -0.3 is 10.4 Å². The Morgan fingerprint density at radius 2 is 2.00 bits per heavy atom. The van der Waals surface area contributed by atoms with E-state index in [1.807, 2.05) is 24.3 Å². The zero-order valence-corrected chi connectivity index (χ0v) is 15.3. The number of nitrogens with one attached hydrogen (secondary N) is 1. The maximum absolute atomic E-state index is 9.61. The maximum Gasteiger partial charge on any atom is 0.138 e. The number of hydrogen-bond donors (Lipinski definition) is 2. The maximum atomic E-state index is 9.61. The number of thioether (sulfide) groups is 1. The van der Waals surface area contributed by atoms with Gasteiger partial charge in [-0.25, -0.2) is 0 Å². The number of allylic oxidation sites excluding steroid dienone is 4. The van der Waals surface area contributed by atoms with Crippen molar-refractivity contribution in [1.29, 1.82) is 0 Å². The Kier molecular flexibility index (Phi) is 9.04. The first-order valence-corrected chi connectivity index (χ1v) is 8.88. The molecule has 22 heavy (non-hydrogen) atoms. The summed E-state index contributed by atoms with van der Waals surface area (Å²) in [7, 11) is 0. The molecule has 0 spiro atoms. The van der Waals surface area contributed by atoms with E-state index in [2.05, 4.69) is 31.3 Å². The summed E-state index contributed by atoms with van der Waals surface area (Å²) in [5.41, 5.74) is 2.38. The van der Waals surface area contributed by atoms with E-state index in [1.165, 1.54) is 5.56 Å². The second-order valence-corrected chi connectivity index (χ2v) is 6.93. The molecule has 0 saturated carbocycles. The smallest absolute Gasteiger partial charge is 0.138 e. The molecule has 1 aromatic rings. The number of aliphatic hydroxyl groups is 1. The van der Waals surface area contributed by atoms with Gasteiger partial charge in [0.1, 0.15) is 4.32 Å². The van der Waals surface area contributed by atoms with Gasteiger partial charge >= 0.3 is 0 Å². The number of thiocarbonyl (C=S) groups is 2. The molecule has 1 saturated heterocycles. The van der Waals surface area contributed by atoms with Crippen molar-refractivity contribution in [3.8, 4) is 0 Å². The van der Waals surface area contributed by atoms with Crippen molar-refractivity contribution in [2.75, 3.05) is 5.75 Å². The van der Waals surface area contributed by atoms with Gasteiger partial charge in [0, 0.05) is 6.42 Å². The van der Waals surface area contributed by atoms with Crippen molar-refractivity contribution in [1.82, 2.24) is 5.32 Å². The third-order valence-electron chi connectivity index (χ3n) is 2.74. The molecule has 5 heteroatoms. The van der Waals surface area contributed by atoms with Crippen LogP contribution < -0.4 is 5.32 Å². The van der Waals surface area contributed by atoms with Crippen LogP contribution in [0.2, 0.25) is 0 Å². The van der Waals surface area contributed by atoms with E-state index in [9.17, 15) is 5.11 Å². The highest BCUT2D eigenvalue weighted by Crippen LogP contribution is 2.09. The third kappa shape index (κ3) is 8.32. The van der Waals surface area contributed by atoms with Gasteiger partial charge in [0.2, 0.25) is 0 Å². The van der Waals surface area contributed by atoms with Crippen LogP contribution in [0.5, 0.6) is 0 Å². The normalized spacial score (nSPS) is 14.7. The molecule has 118 valence electrons. The van der Waals surface area contributed by atoms with Crippen molar-refractivity contribution in [2.45, 2.75) is 26.7 Å². The van der Waals surface area contributed by atoms with Crippen molar-refractivity contribution in [3.05, 3.63) is 59.4 Å². The molecule has 1 aliphatic heterocycles. The highest BCUT2D eigenvalue weighted by Gasteiger charge is 2.09. The van der Waals surface area contributed by atoms with E-state index in [0.29, 0.717) is 12.2 Å². The fourth-order valence-electron chi connectivity index (χ4n) is 1.61. The van der Waals surface area contributed by atoms with Gasteiger partial charge in [-0.2, -0.15) is 0 Å². The molecule has 1 aromatic carbocycles. The fraction of sp³-hybridized carbons (Fsp3) is 0.294. The van der Waals surface area contributed by atoms with E-state index < -0.39 is 0 Å². The molecular formula is C17H21NOS3. The Hall–Kier alpha value is -1.17. The lowest BCUT2D eigenvalue weighted by Gasteiger charge is -2.00. The van der Waals surface area contributed by atoms with Crippen LogP contribution in [0.1, 0.15) is 24.5 Å². The van der Waals surface area contributed by atoms with E-state index in [1.54, 1.807) is 17.8 Å². The van der Waals surface area contributed by atoms with Crippen LogP contribution >= 0.6 is 36.2 Å². The summed E-state index contributed by atoms with van der Waals surface area (Å²) >= 11 is 11.1. The Labute approximate surface area is 147 Å². The highest BCUT2D eigenvalue weighted by molar-refractivity contribution is 8.24. The molecule has 0 aromatic heterocycles. The zero-order valence-electron chi connectivity index (χ0n) is 12.8. The van der Waals surface area contributed by atoms with Crippen molar-refractivity contribution >= 4 is 45.5 Å². The fourth-order valence-corrected chi connectivity index (χ4v) is 2.84. The topological polar surface area (TPSA) is 32.3 Å². The standard InChI is InChI=1S/C14H18O.C3H3NS3/c1-3-4-5-6-14(15)11-13-9-7-12(2)8-10-13;5-2-1-7-3(6)4-2/h4-10,15H,3,11H2,1-2H3;1H2,(H,4,5,6)/b5-4+,14-6-;. The molecule has 0 atom stereocenters. The monoisotopic (exact) mass is 351 g/mol. The van der Waals surface area contributed by atoms with Crippen LogP contribution in [0.4, 0.5) is 0 Å². The van der Waals surface area contributed by atoms with E-state index in [0.717, 1.165) is 27.0 Å². The minimum Gasteiger partial charge on any atom is -0.512 e. The molecule has 2 rings (SSSR count). The van der Waals surface area contributed by atoms with Gasteiger partial charge in [0.25, 0.3) is 0 Å². The Bertz CT molecular complexity index is 548. The molecule has 0 unspecified atom stereocenters. The van der Waals surface area contributed by atoms with E-state index in [4.69, 9.17) is 24.4 Å². The highest BCUT2D eigenvalue weighted by atomic mass is 32.2. The second kappa shape index (κ2) is 10.5. The second-order valence-electron chi connectivity index (χ2n) is 4.78. The molecular weight excluding hydrogens is 330 g/mol. The van der Waals surface area contributed by atoms with E-state index in [-0.39, 0.29) is 0 Å². The van der Waals surface area contributed by atoms with Crippen LogP contribution in [0, 0.1) is 6.92 Å². The minimum absolute atomic E-state index is 0.406. The molecule has 0 radical (unpaired) electrons. The van der Waals surface area contributed by atoms with Gasteiger partial charge in [-0.15, -0.1) is 0 Å². The summed E-state index contributed by atoms with van der Waals surface area (Å²) in [5, 5.41) is 12.5. The zero-order chi connectivity index (χ0) is 16.4. The number of aryl methyl sites for hydroxylation is 1. The average Bonchev–Trinajstić information content (AvgIpc) is 2.86. The number of benzene rings is 1. The molecule has 1 aliphatic rings. The molecule has 0 aliphatic carbocycles. The summed E-state index contributed by atoms with van der Waals surface area (Å²) in [5.74, 6) is 1.28. The Morgan fingerprint density at radius 1 is 1.32 bits per heavy atom. The quantitative estimate of drug-likeness (QED) is 0.459. The average molecular weight is 352 g/mol. The Morgan fingerprint density at radius 3 is 2.45 bits per heavy atom. The summed E-state index contributed by atoms with van der Waals surface area (Å²) < 4.78 is 0.810. The van der Waals surface area contributed by atoms with Crippen LogP contribution in [0.15, 0.2) is 48.3 Å². The molecule has 2 N–H and O–H groups in total. The van der Waals surface area contributed by atoms with Crippen LogP contribution in [0.3, 0.4) is 0 Å². The number of hydrogen-bond acceptors (Lipinski definition) is 4. The van der Waals surface area contributed by atoms with Gasteiger partial charge in [0.15, 0.2) is 0 Å².